The summed E-state index contributed by atoms with van der Waals surface area (Å²) in [5.41, 5.74) is 6.57. The molecule has 4 nitrogen and oxygen atoms in total. The van der Waals surface area contributed by atoms with Crippen LogP contribution in [0.25, 0.3) is 0 Å². The Morgan fingerprint density at radius 1 is 1.45 bits per heavy atom. The van der Waals surface area contributed by atoms with Gasteiger partial charge in [0.05, 0.1) is 13.2 Å². The van der Waals surface area contributed by atoms with Crippen LogP contribution in [0.5, 0.6) is 5.75 Å². The molecule has 3 unspecified atom stereocenters. The van der Waals surface area contributed by atoms with E-state index in [-0.39, 0.29) is 42.1 Å². The molecule has 124 valence electrons. The van der Waals surface area contributed by atoms with Crippen LogP contribution >= 0.6 is 12.4 Å². The van der Waals surface area contributed by atoms with E-state index < -0.39 is 0 Å². The summed E-state index contributed by atoms with van der Waals surface area (Å²) in [6.07, 6.45) is 3.55. The maximum absolute atomic E-state index is 13.4. The fourth-order valence-electron chi connectivity index (χ4n) is 2.92. The van der Waals surface area contributed by atoms with Crippen molar-refractivity contribution in [3.8, 4) is 5.75 Å². The fourth-order valence-corrected chi connectivity index (χ4v) is 2.92. The van der Waals surface area contributed by atoms with Gasteiger partial charge in [-0.1, -0.05) is 6.42 Å². The summed E-state index contributed by atoms with van der Waals surface area (Å²) in [4.78, 5) is 12.3. The Labute approximate surface area is 137 Å². The third-order valence-electron chi connectivity index (χ3n) is 4.10. The Morgan fingerprint density at radius 2 is 2.18 bits per heavy atom. The molecule has 0 bridgehead atoms. The maximum atomic E-state index is 13.4. The number of halogens is 2. The highest BCUT2D eigenvalue weighted by Crippen LogP contribution is 2.28. The summed E-state index contributed by atoms with van der Waals surface area (Å²) in [7, 11) is 1.53. The molecule has 0 saturated heterocycles. The lowest BCUT2D eigenvalue weighted by molar-refractivity contribution is -0.126. The molecule has 1 amide bonds. The number of nitrogens with two attached hydrogens (primary N) is 1. The zero-order valence-corrected chi connectivity index (χ0v) is 13.8. The summed E-state index contributed by atoms with van der Waals surface area (Å²) >= 11 is 0. The molecule has 2 rings (SSSR count). The minimum atomic E-state index is -0.341. The van der Waals surface area contributed by atoms with Gasteiger partial charge < -0.3 is 15.8 Å². The molecule has 22 heavy (non-hydrogen) atoms. The van der Waals surface area contributed by atoms with E-state index >= 15 is 0 Å². The molecule has 1 aromatic carbocycles. The van der Waals surface area contributed by atoms with E-state index in [0.717, 1.165) is 25.7 Å². The molecule has 0 radical (unpaired) electrons. The van der Waals surface area contributed by atoms with Gasteiger partial charge in [0.1, 0.15) is 11.6 Å². The predicted octanol–water partition coefficient (Wildman–Crippen LogP) is 2.95. The van der Waals surface area contributed by atoms with E-state index in [1.807, 2.05) is 6.92 Å². The number of benzene rings is 1. The van der Waals surface area contributed by atoms with Crippen LogP contribution in [0, 0.1) is 11.7 Å². The van der Waals surface area contributed by atoms with Gasteiger partial charge in [-0.3, -0.25) is 4.79 Å². The van der Waals surface area contributed by atoms with Gasteiger partial charge in [-0.2, -0.15) is 0 Å². The second-order valence-corrected chi connectivity index (χ2v) is 5.74. The van der Waals surface area contributed by atoms with Crippen molar-refractivity contribution in [2.75, 3.05) is 7.11 Å². The van der Waals surface area contributed by atoms with Crippen LogP contribution in [0.4, 0.5) is 4.39 Å². The second kappa shape index (κ2) is 8.34. The Morgan fingerprint density at radius 3 is 2.82 bits per heavy atom. The quantitative estimate of drug-likeness (QED) is 0.892. The predicted molar refractivity (Wildman–Crippen MR) is 86.7 cm³/mol. The summed E-state index contributed by atoms with van der Waals surface area (Å²) in [5.74, 6) is 0.177. The van der Waals surface area contributed by atoms with Crippen LogP contribution in [0.1, 0.15) is 44.2 Å². The van der Waals surface area contributed by atoms with Crippen LogP contribution in [-0.4, -0.2) is 19.1 Å². The van der Waals surface area contributed by atoms with Crippen molar-refractivity contribution in [3.63, 3.8) is 0 Å². The first-order valence-electron chi connectivity index (χ1n) is 7.40. The van der Waals surface area contributed by atoms with Gasteiger partial charge in [-0.25, -0.2) is 4.39 Å². The van der Waals surface area contributed by atoms with Crippen molar-refractivity contribution < 1.29 is 13.9 Å². The van der Waals surface area contributed by atoms with Crippen molar-refractivity contribution in [3.05, 3.63) is 29.6 Å². The first-order valence-corrected chi connectivity index (χ1v) is 7.40. The normalized spacial score (nSPS) is 22.4. The highest BCUT2D eigenvalue weighted by molar-refractivity contribution is 5.85. The zero-order chi connectivity index (χ0) is 15.4. The lowest BCUT2D eigenvalue weighted by Crippen LogP contribution is -2.38. The molecule has 1 fully saturated rings. The Balaban J connectivity index is 0.00000242. The van der Waals surface area contributed by atoms with E-state index in [0.29, 0.717) is 11.3 Å². The molecular formula is C16H24ClFN2O2. The standard InChI is InChI=1S/C16H23FN2O2.ClH/c1-10(14-9-12(17)6-7-15(14)21-2)19-16(20)11-4-3-5-13(18)8-11;/h6-7,9-11,13H,3-5,8,18H2,1-2H3,(H,19,20);1H. The Kier molecular flexibility index (Phi) is 7.10. The van der Waals surface area contributed by atoms with Crippen LogP contribution in [-0.2, 0) is 4.79 Å². The summed E-state index contributed by atoms with van der Waals surface area (Å²) < 4.78 is 18.6. The number of carbonyl (C=O) groups excluding carboxylic acids is 1. The molecule has 6 heteroatoms. The van der Waals surface area contributed by atoms with Gasteiger partial charge in [-0.05, 0) is 44.4 Å². The van der Waals surface area contributed by atoms with Crippen molar-refractivity contribution in [2.45, 2.75) is 44.7 Å². The fraction of sp³-hybridized carbons (Fsp3) is 0.562. The minimum absolute atomic E-state index is 0. The van der Waals surface area contributed by atoms with Crippen LogP contribution < -0.4 is 15.8 Å². The van der Waals surface area contributed by atoms with Crippen molar-refractivity contribution in [2.24, 2.45) is 11.7 Å². The molecule has 1 aliphatic carbocycles. The number of nitrogens with one attached hydrogen (secondary N) is 1. The smallest absolute Gasteiger partial charge is 0.223 e. The highest BCUT2D eigenvalue weighted by Gasteiger charge is 2.26. The number of rotatable bonds is 4. The number of hydrogen-bond acceptors (Lipinski definition) is 3. The van der Waals surface area contributed by atoms with Gasteiger partial charge >= 0.3 is 0 Å². The minimum Gasteiger partial charge on any atom is -0.496 e. The van der Waals surface area contributed by atoms with Crippen LogP contribution in [0.3, 0.4) is 0 Å². The summed E-state index contributed by atoms with van der Waals surface area (Å²) in [5, 5.41) is 2.95. The molecule has 0 heterocycles. The molecule has 0 spiro atoms. The number of methoxy groups -OCH3 is 1. The first-order chi connectivity index (χ1) is 10.0. The third kappa shape index (κ3) is 4.58. The van der Waals surface area contributed by atoms with Crippen molar-refractivity contribution in [1.29, 1.82) is 0 Å². The molecular weight excluding hydrogens is 307 g/mol. The zero-order valence-electron chi connectivity index (χ0n) is 13.0. The van der Waals surface area contributed by atoms with E-state index in [4.69, 9.17) is 10.5 Å². The SMILES string of the molecule is COc1ccc(F)cc1C(C)NC(=O)C1CCCC(N)C1.Cl. The maximum Gasteiger partial charge on any atom is 0.223 e. The first kappa shape index (κ1) is 18.7. The number of hydrogen-bond donors (Lipinski definition) is 2. The van der Waals surface area contributed by atoms with Crippen molar-refractivity contribution in [1.82, 2.24) is 5.32 Å². The number of ether oxygens (including phenoxy) is 1. The molecule has 1 aliphatic rings. The summed E-state index contributed by atoms with van der Waals surface area (Å²) in [6, 6.07) is 4.12. The molecule has 0 aromatic heterocycles. The van der Waals surface area contributed by atoms with Gasteiger partial charge in [0.25, 0.3) is 0 Å². The average molecular weight is 331 g/mol. The van der Waals surface area contributed by atoms with Gasteiger partial charge in [0, 0.05) is 17.5 Å². The average Bonchev–Trinajstić information content (AvgIpc) is 2.47. The Bertz CT molecular complexity index is 513. The van der Waals surface area contributed by atoms with Gasteiger partial charge in [0.2, 0.25) is 5.91 Å². The number of carbonyl (C=O) groups is 1. The number of amides is 1. The molecule has 0 aliphatic heterocycles. The van der Waals surface area contributed by atoms with Gasteiger partial charge in [0.15, 0.2) is 0 Å². The van der Waals surface area contributed by atoms with Crippen LogP contribution in [0.2, 0.25) is 0 Å². The second-order valence-electron chi connectivity index (χ2n) is 5.74. The van der Waals surface area contributed by atoms with E-state index in [2.05, 4.69) is 5.32 Å². The lowest BCUT2D eigenvalue weighted by Gasteiger charge is -2.27. The summed E-state index contributed by atoms with van der Waals surface area (Å²) in [6.45, 7) is 1.83. The third-order valence-corrected chi connectivity index (χ3v) is 4.10. The van der Waals surface area contributed by atoms with E-state index in [9.17, 15) is 9.18 Å². The highest BCUT2D eigenvalue weighted by atomic mass is 35.5. The Hall–Kier alpha value is -1.33. The topological polar surface area (TPSA) is 64.3 Å². The molecule has 1 aromatic rings. The lowest BCUT2D eigenvalue weighted by atomic mass is 9.85. The van der Waals surface area contributed by atoms with E-state index in [1.165, 1.54) is 19.2 Å². The van der Waals surface area contributed by atoms with E-state index in [1.54, 1.807) is 6.07 Å². The largest absolute Gasteiger partial charge is 0.496 e. The van der Waals surface area contributed by atoms with Gasteiger partial charge in [-0.15, -0.1) is 12.4 Å². The molecule has 1 saturated carbocycles. The monoisotopic (exact) mass is 330 g/mol. The van der Waals surface area contributed by atoms with Crippen molar-refractivity contribution >= 4 is 18.3 Å². The van der Waals surface area contributed by atoms with Crippen LogP contribution in [0.15, 0.2) is 18.2 Å². The molecule has 3 atom stereocenters. The molecule has 3 N–H and O–H groups in total.